The number of aromatic nitrogens is 1. The van der Waals surface area contributed by atoms with Gasteiger partial charge in [-0.25, -0.2) is 4.98 Å². The quantitative estimate of drug-likeness (QED) is 0.822. The van der Waals surface area contributed by atoms with Gasteiger partial charge in [-0.2, -0.15) is 0 Å². The van der Waals surface area contributed by atoms with E-state index in [9.17, 15) is 4.79 Å². The summed E-state index contributed by atoms with van der Waals surface area (Å²) in [6.45, 7) is 7.86. The first-order valence-electron chi connectivity index (χ1n) is 8.96. The van der Waals surface area contributed by atoms with Crippen LogP contribution in [0.2, 0.25) is 0 Å². The fourth-order valence-corrected chi connectivity index (χ4v) is 3.13. The SMILES string of the molecule is Cc1cccc(C(=O)NCCCN2CCN(c3ccccc3)CC2)n1. The van der Waals surface area contributed by atoms with E-state index in [-0.39, 0.29) is 5.91 Å². The number of carbonyl (C=O) groups is 1. The number of hydrogen-bond donors (Lipinski definition) is 1. The van der Waals surface area contributed by atoms with Gasteiger partial charge in [-0.3, -0.25) is 9.69 Å². The number of hydrogen-bond acceptors (Lipinski definition) is 4. The van der Waals surface area contributed by atoms with Crippen molar-refractivity contribution in [2.24, 2.45) is 0 Å². The molecule has 3 rings (SSSR count). The van der Waals surface area contributed by atoms with Crippen LogP contribution in [0.3, 0.4) is 0 Å². The molecule has 0 bridgehead atoms. The van der Waals surface area contributed by atoms with Crippen molar-refractivity contribution in [3.8, 4) is 0 Å². The Bertz CT molecular complexity index is 681. The van der Waals surface area contributed by atoms with E-state index in [4.69, 9.17) is 0 Å². The third-order valence-electron chi connectivity index (χ3n) is 4.55. The lowest BCUT2D eigenvalue weighted by Crippen LogP contribution is -2.47. The number of benzene rings is 1. The molecule has 1 saturated heterocycles. The molecule has 5 heteroatoms. The maximum Gasteiger partial charge on any atom is 0.269 e. The fraction of sp³-hybridized carbons (Fsp3) is 0.400. The van der Waals surface area contributed by atoms with E-state index in [2.05, 4.69) is 50.4 Å². The minimum Gasteiger partial charge on any atom is -0.369 e. The third kappa shape index (κ3) is 5.03. The Morgan fingerprint density at radius 1 is 1.04 bits per heavy atom. The second-order valence-corrected chi connectivity index (χ2v) is 6.44. The van der Waals surface area contributed by atoms with Gasteiger partial charge in [0.15, 0.2) is 0 Å². The Hall–Kier alpha value is -2.40. The Labute approximate surface area is 149 Å². The van der Waals surface area contributed by atoms with Crippen LogP contribution in [-0.4, -0.2) is 55.1 Å². The van der Waals surface area contributed by atoms with Crippen molar-refractivity contribution in [3.05, 3.63) is 59.9 Å². The molecule has 0 unspecified atom stereocenters. The highest BCUT2D eigenvalue weighted by Gasteiger charge is 2.16. The Morgan fingerprint density at radius 3 is 2.52 bits per heavy atom. The van der Waals surface area contributed by atoms with Crippen LogP contribution in [0.5, 0.6) is 0 Å². The summed E-state index contributed by atoms with van der Waals surface area (Å²) in [5.41, 5.74) is 2.67. The van der Waals surface area contributed by atoms with Gasteiger partial charge in [0.05, 0.1) is 0 Å². The van der Waals surface area contributed by atoms with Gasteiger partial charge in [-0.05, 0) is 44.2 Å². The standard InChI is InChI=1S/C20H26N4O/c1-17-7-5-10-19(22-17)20(25)21-11-6-12-23-13-15-24(16-14-23)18-8-3-2-4-9-18/h2-5,7-10H,6,11-16H2,1H3,(H,21,25). The lowest BCUT2D eigenvalue weighted by molar-refractivity contribution is 0.0946. The maximum absolute atomic E-state index is 12.1. The number of pyridine rings is 1. The Kier molecular flexibility index (Phi) is 6.01. The first-order chi connectivity index (χ1) is 12.2. The lowest BCUT2D eigenvalue weighted by Gasteiger charge is -2.36. The molecule has 0 spiro atoms. The second-order valence-electron chi connectivity index (χ2n) is 6.44. The number of rotatable bonds is 6. The molecule has 1 aromatic heterocycles. The zero-order chi connectivity index (χ0) is 17.5. The van der Waals surface area contributed by atoms with Crippen molar-refractivity contribution in [2.75, 3.05) is 44.2 Å². The summed E-state index contributed by atoms with van der Waals surface area (Å²) in [5.74, 6) is -0.0856. The zero-order valence-corrected chi connectivity index (χ0v) is 14.8. The van der Waals surface area contributed by atoms with Crippen molar-refractivity contribution >= 4 is 11.6 Å². The van der Waals surface area contributed by atoms with Crippen molar-refractivity contribution in [3.63, 3.8) is 0 Å². The lowest BCUT2D eigenvalue weighted by atomic mass is 10.2. The molecule has 1 amide bonds. The minimum absolute atomic E-state index is 0.0856. The first-order valence-corrected chi connectivity index (χ1v) is 8.96. The van der Waals surface area contributed by atoms with Crippen LogP contribution >= 0.6 is 0 Å². The molecule has 132 valence electrons. The molecule has 5 nitrogen and oxygen atoms in total. The van der Waals surface area contributed by atoms with E-state index >= 15 is 0 Å². The van der Waals surface area contributed by atoms with Gasteiger partial charge in [0.25, 0.3) is 5.91 Å². The minimum atomic E-state index is -0.0856. The van der Waals surface area contributed by atoms with Gasteiger partial charge in [-0.1, -0.05) is 24.3 Å². The number of aryl methyl sites for hydroxylation is 1. The highest BCUT2D eigenvalue weighted by Crippen LogP contribution is 2.15. The molecular weight excluding hydrogens is 312 g/mol. The summed E-state index contributed by atoms with van der Waals surface area (Å²) < 4.78 is 0. The smallest absolute Gasteiger partial charge is 0.269 e. The Balaban J connectivity index is 1.34. The third-order valence-corrected chi connectivity index (χ3v) is 4.55. The normalized spacial score (nSPS) is 15.2. The molecule has 0 atom stereocenters. The average Bonchev–Trinajstić information content (AvgIpc) is 2.66. The first kappa shape index (κ1) is 17.4. The molecule has 25 heavy (non-hydrogen) atoms. The predicted octanol–water partition coefficient (Wildman–Crippen LogP) is 2.33. The van der Waals surface area contributed by atoms with E-state index in [0.717, 1.165) is 44.8 Å². The van der Waals surface area contributed by atoms with Gasteiger partial charge in [-0.15, -0.1) is 0 Å². The molecule has 2 aromatic rings. The predicted molar refractivity (Wildman–Crippen MR) is 101 cm³/mol. The summed E-state index contributed by atoms with van der Waals surface area (Å²) in [5, 5.41) is 2.96. The number of nitrogens with one attached hydrogen (secondary N) is 1. The van der Waals surface area contributed by atoms with Crippen molar-refractivity contribution in [2.45, 2.75) is 13.3 Å². The van der Waals surface area contributed by atoms with Crippen LogP contribution in [0, 0.1) is 6.92 Å². The van der Waals surface area contributed by atoms with Crippen LogP contribution in [0.4, 0.5) is 5.69 Å². The summed E-state index contributed by atoms with van der Waals surface area (Å²) >= 11 is 0. The van der Waals surface area contributed by atoms with Crippen molar-refractivity contribution in [1.82, 2.24) is 15.2 Å². The number of carbonyl (C=O) groups excluding carboxylic acids is 1. The summed E-state index contributed by atoms with van der Waals surface area (Å²) in [6, 6.07) is 16.1. The maximum atomic E-state index is 12.1. The number of anilines is 1. The molecule has 1 aliphatic rings. The van der Waals surface area contributed by atoms with E-state index < -0.39 is 0 Å². The number of para-hydroxylation sites is 1. The van der Waals surface area contributed by atoms with Crippen molar-refractivity contribution < 1.29 is 4.79 Å². The van der Waals surface area contributed by atoms with E-state index in [0.29, 0.717) is 12.2 Å². The van der Waals surface area contributed by atoms with Crippen LogP contribution in [0.25, 0.3) is 0 Å². The molecule has 1 N–H and O–H groups in total. The highest BCUT2D eigenvalue weighted by atomic mass is 16.1. The van der Waals surface area contributed by atoms with Gasteiger partial charge in [0.1, 0.15) is 5.69 Å². The topological polar surface area (TPSA) is 48.5 Å². The number of piperazine rings is 1. The fourth-order valence-electron chi connectivity index (χ4n) is 3.13. The molecule has 1 aliphatic heterocycles. The van der Waals surface area contributed by atoms with Gasteiger partial charge in [0.2, 0.25) is 0 Å². The Morgan fingerprint density at radius 2 is 1.80 bits per heavy atom. The molecular formula is C20H26N4O. The molecule has 1 fully saturated rings. The highest BCUT2D eigenvalue weighted by molar-refractivity contribution is 5.92. The van der Waals surface area contributed by atoms with Gasteiger partial charge >= 0.3 is 0 Å². The summed E-state index contributed by atoms with van der Waals surface area (Å²) in [7, 11) is 0. The van der Waals surface area contributed by atoms with Gasteiger partial charge < -0.3 is 10.2 Å². The monoisotopic (exact) mass is 338 g/mol. The summed E-state index contributed by atoms with van der Waals surface area (Å²) in [4.78, 5) is 21.2. The molecule has 0 radical (unpaired) electrons. The van der Waals surface area contributed by atoms with E-state index in [1.807, 2.05) is 19.1 Å². The van der Waals surface area contributed by atoms with E-state index in [1.165, 1.54) is 5.69 Å². The molecule has 2 heterocycles. The van der Waals surface area contributed by atoms with Crippen LogP contribution in [0.1, 0.15) is 22.6 Å². The molecule has 0 aliphatic carbocycles. The van der Waals surface area contributed by atoms with Crippen molar-refractivity contribution in [1.29, 1.82) is 0 Å². The molecule has 1 aromatic carbocycles. The average molecular weight is 338 g/mol. The van der Waals surface area contributed by atoms with Crippen LogP contribution in [-0.2, 0) is 0 Å². The number of amides is 1. The van der Waals surface area contributed by atoms with Crippen LogP contribution in [0.15, 0.2) is 48.5 Å². The second kappa shape index (κ2) is 8.62. The van der Waals surface area contributed by atoms with E-state index in [1.54, 1.807) is 6.07 Å². The molecule has 0 saturated carbocycles. The number of nitrogens with zero attached hydrogens (tertiary/aromatic N) is 3. The van der Waals surface area contributed by atoms with Gasteiger partial charge in [0, 0.05) is 44.1 Å². The largest absolute Gasteiger partial charge is 0.369 e. The summed E-state index contributed by atoms with van der Waals surface area (Å²) in [6.07, 6.45) is 0.961. The zero-order valence-electron chi connectivity index (χ0n) is 14.8. The van der Waals surface area contributed by atoms with Crippen LogP contribution < -0.4 is 10.2 Å².